The van der Waals surface area contributed by atoms with E-state index in [1.54, 1.807) is 6.92 Å². The number of hydrogen-bond acceptors (Lipinski definition) is 4. The highest BCUT2D eigenvalue weighted by Gasteiger charge is 2.34. The number of amides is 2. The fraction of sp³-hybridized carbons (Fsp3) is 0.619. The van der Waals surface area contributed by atoms with Gasteiger partial charge in [-0.2, -0.15) is 4.31 Å². The first-order valence-electron chi connectivity index (χ1n) is 10.6. The molecule has 0 bridgehead atoms. The van der Waals surface area contributed by atoms with Crippen molar-refractivity contribution in [2.24, 2.45) is 5.92 Å². The minimum atomic E-state index is -3.69. The van der Waals surface area contributed by atoms with Crippen molar-refractivity contribution < 1.29 is 18.0 Å². The first kappa shape index (κ1) is 23.0. The van der Waals surface area contributed by atoms with Gasteiger partial charge >= 0.3 is 0 Å². The molecule has 1 saturated heterocycles. The summed E-state index contributed by atoms with van der Waals surface area (Å²) in [7, 11) is -3.69. The lowest BCUT2D eigenvalue weighted by Gasteiger charge is -2.32. The Hall–Kier alpha value is -1.64. The number of nitrogens with zero attached hydrogens (tertiary/aromatic N) is 1. The summed E-state index contributed by atoms with van der Waals surface area (Å²) in [6.07, 6.45) is 6.58. The second-order valence-corrected chi connectivity index (χ2v) is 10.6. The predicted octanol–water partition coefficient (Wildman–Crippen LogP) is 2.69. The number of rotatable bonds is 6. The summed E-state index contributed by atoms with van der Waals surface area (Å²) in [5.41, 5.74) is 0. The van der Waals surface area contributed by atoms with Crippen LogP contribution in [0.5, 0.6) is 0 Å². The van der Waals surface area contributed by atoms with Crippen LogP contribution < -0.4 is 10.6 Å². The number of hydrogen-bond donors (Lipinski definition) is 2. The van der Waals surface area contributed by atoms with Crippen LogP contribution in [-0.2, 0) is 19.6 Å². The van der Waals surface area contributed by atoms with Gasteiger partial charge in [-0.3, -0.25) is 9.59 Å². The normalized spacial score (nSPS) is 22.3. The summed E-state index contributed by atoms with van der Waals surface area (Å²) in [5, 5.41) is 6.25. The van der Waals surface area contributed by atoms with Crippen LogP contribution in [0.4, 0.5) is 0 Å². The Morgan fingerprint density at radius 2 is 1.73 bits per heavy atom. The largest absolute Gasteiger partial charge is 0.352 e. The average molecular weight is 456 g/mol. The zero-order chi connectivity index (χ0) is 21.7. The summed E-state index contributed by atoms with van der Waals surface area (Å²) in [6, 6.07) is 5.55. The maximum absolute atomic E-state index is 12.9. The highest BCUT2D eigenvalue weighted by atomic mass is 35.5. The SMILES string of the molecule is C[C@H](NC(=O)[C@@H]1CCCN(S(=O)(=O)c2ccc(Cl)cc2)C1)C(=O)NC1CCCCC1. The highest BCUT2D eigenvalue weighted by molar-refractivity contribution is 7.89. The summed E-state index contributed by atoms with van der Waals surface area (Å²) < 4.78 is 27.2. The maximum atomic E-state index is 12.9. The molecule has 1 aliphatic heterocycles. The molecule has 2 aliphatic rings. The molecule has 9 heteroatoms. The van der Waals surface area contributed by atoms with E-state index in [0.29, 0.717) is 24.4 Å². The molecule has 0 radical (unpaired) electrons. The zero-order valence-electron chi connectivity index (χ0n) is 17.3. The lowest BCUT2D eigenvalue weighted by molar-refractivity contribution is -0.131. The summed E-state index contributed by atoms with van der Waals surface area (Å²) in [5.74, 6) is -0.945. The van der Waals surface area contributed by atoms with Gasteiger partial charge in [0.1, 0.15) is 6.04 Å². The van der Waals surface area contributed by atoms with Crippen molar-refractivity contribution in [1.29, 1.82) is 0 Å². The second kappa shape index (κ2) is 10.1. The number of benzene rings is 1. The van der Waals surface area contributed by atoms with E-state index in [1.807, 2.05) is 0 Å². The van der Waals surface area contributed by atoms with Crippen LogP contribution in [0.25, 0.3) is 0 Å². The van der Waals surface area contributed by atoms with E-state index in [-0.39, 0.29) is 29.3 Å². The average Bonchev–Trinajstić information content (AvgIpc) is 2.74. The molecular formula is C21H30ClN3O4S. The zero-order valence-corrected chi connectivity index (χ0v) is 18.8. The third-order valence-electron chi connectivity index (χ3n) is 5.91. The van der Waals surface area contributed by atoms with Crippen molar-refractivity contribution in [3.63, 3.8) is 0 Å². The Balaban J connectivity index is 1.57. The Morgan fingerprint density at radius 3 is 2.40 bits per heavy atom. The first-order chi connectivity index (χ1) is 14.3. The van der Waals surface area contributed by atoms with Gasteiger partial charge in [-0.25, -0.2) is 8.42 Å². The van der Waals surface area contributed by atoms with Crippen LogP contribution in [0.3, 0.4) is 0 Å². The third-order valence-corrected chi connectivity index (χ3v) is 8.04. The molecule has 1 aromatic rings. The molecule has 3 rings (SSSR count). The Kier molecular flexibility index (Phi) is 7.76. The smallest absolute Gasteiger partial charge is 0.243 e. The van der Waals surface area contributed by atoms with E-state index in [2.05, 4.69) is 10.6 Å². The molecule has 7 nitrogen and oxygen atoms in total. The molecule has 1 aliphatic carbocycles. The number of carbonyl (C=O) groups excluding carboxylic acids is 2. The molecule has 0 unspecified atom stereocenters. The van der Waals surface area contributed by atoms with Gasteiger partial charge in [0.25, 0.3) is 0 Å². The Labute approximate surface area is 183 Å². The topological polar surface area (TPSA) is 95.6 Å². The molecular weight excluding hydrogens is 426 g/mol. The molecule has 30 heavy (non-hydrogen) atoms. The molecule has 2 atom stereocenters. The number of piperidine rings is 1. The van der Waals surface area contributed by atoms with Crippen LogP contribution in [0.1, 0.15) is 51.9 Å². The van der Waals surface area contributed by atoms with Crippen molar-refractivity contribution in [2.45, 2.75) is 68.8 Å². The van der Waals surface area contributed by atoms with E-state index >= 15 is 0 Å². The number of halogens is 1. The molecule has 2 amide bonds. The fourth-order valence-electron chi connectivity index (χ4n) is 4.10. The van der Waals surface area contributed by atoms with Crippen LogP contribution in [0, 0.1) is 5.92 Å². The first-order valence-corrected chi connectivity index (χ1v) is 12.5. The molecule has 2 fully saturated rings. The monoisotopic (exact) mass is 455 g/mol. The van der Waals surface area contributed by atoms with Crippen molar-refractivity contribution in [3.8, 4) is 0 Å². The maximum Gasteiger partial charge on any atom is 0.243 e. The van der Waals surface area contributed by atoms with E-state index in [9.17, 15) is 18.0 Å². The van der Waals surface area contributed by atoms with E-state index in [0.717, 1.165) is 25.7 Å². The standard InChI is InChI=1S/C21H30ClN3O4S/c1-15(20(26)24-18-7-3-2-4-8-18)23-21(27)16-6-5-13-25(14-16)30(28,29)19-11-9-17(22)10-12-19/h9-12,15-16,18H,2-8,13-14H2,1H3,(H,23,27)(H,24,26)/t15-,16+/m0/s1. The van der Waals surface area contributed by atoms with Gasteiger partial charge in [-0.15, -0.1) is 0 Å². The number of sulfonamides is 1. The predicted molar refractivity (Wildman–Crippen MR) is 116 cm³/mol. The molecule has 1 aromatic carbocycles. The van der Waals surface area contributed by atoms with Crippen molar-refractivity contribution in [2.75, 3.05) is 13.1 Å². The quantitative estimate of drug-likeness (QED) is 0.689. The molecule has 2 N–H and O–H groups in total. The second-order valence-electron chi connectivity index (χ2n) is 8.23. The Bertz CT molecular complexity index is 854. The molecule has 0 spiro atoms. The van der Waals surface area contributed by atoms with Crippen LogP contribution in [0.2, 0.25) is 5.02 Å². The van der Waals surface area contributed by atoms with Gasteiger partial charge in [-0.05, 0) is 56.9 Å². The van der Waals surface area contributed by atoms with Crippen LogP contribution >= 0.6 is 11.6 Å². The lowest BCUT2D eigenvalue weighted by atomic mass is 9.95. The van der Waals surface area contributed by atoms with Crippen LogP contribution in [0.15, 0.2) is 29.2 Å². The third kappa shape index (κ3) is 5.74. The molecule has 166 valence electrons. The van der Waals surface area contributed by atoms with Gasteiger partial charge in [0, 0.05) is 24.2 Å². The molecule has 1 heterocycles. The Morgan fingerprint density at radius 1 is 1.07 bits per heavy atom. The van der Waals surface area contributed by atoms with Gasteiger partial charge < -0.3 is 10.6 Å². The van der Waals surface area contributed by atoms with Gasteiger partial charge in [0.05, 0.1) is 10.8 Å². The lowest BCUT2D eigenvalue weighted by Crippen LogP contribution is -2.52. The summed E-state index contributed by atoms with van der Waals surface area (Å²) in [4.78, 5) is 25.3. The van der Waals surface area contributed by atoms with Crippen LogP contribution in [-0.4, -0.2) is 49.7 Å². The van der Waals surface area contributed by atoms with Crippen molar-refractivity contribution in [1.82, 2.24) is 14.9 Å². The van der Waals surface area contributed by atoms with Gasteiger partial charge in [0.15, 0.2) is 0 Å². The van der Waals surface area contributed by atoms with E-state index in [1.165, 1.54) is 35.0 Å². The van der Waals surface area contributed by atoms with E-state index in [4.69, 9.17) is 11.6 Å². The number of nitrogens with one attached hydrogen (secondary N) is 2. The fourth-order valence-corrected chi connectivity index (χ4v) is 5.75. The van der Waals surface area contributed by atoms with Gasteiger partial charge in [-0.1, -0.05) is 30.9 Å². The summed E-state index contributed by atoms with van der Waals surface area (Å²) in [6.45, 7) is 2.14. The molecule has 0 aromatic heterocycles. The minimum Gasteiger partial charge on any atom is -0.352 e. The minimum absolute atomic E-state index is 0.105. The van der Waals surface area contributed by atoms with Gasteiger partial charge in [0.2, 0.25) is 21.8 Å². The van der Waals surface area contributed by atoms with Crippen molar-refractivity contribution >= 4 is 33.4 Å². The molecule has 1 saturated carbocycles. The van der Waals surface area contributed by atoms with E-state index < -0.39 is 22.0 Å². The highest BCUT2D eigenvalue weighted by Crippen LogP contribution is 2.25. The van der Waals surface area contributed by atoms with Crippen molar-refractivity contribution in [3.05, 3.63) is 29.3 Å². The summed E-state index contributed by atoms with van der Waals surface area (Å²) >= 11 is 5.85. The number of carbonyl (C=O) groups is 2.